The highest BCUT2D eigenvalue weighted by Crippen LogP contribution is 2.31. The molecule has 2 N–H and O–H groups in total. The molecule has 0 spiro atoms. The summed E-state index contributed by atoms with van der Waals surface area (Å²) in [5.74, 6) is 0.933. The van der Waals surface area contributed by atoms with Crippen molar-refractivity contribution in [1.29, 1.82) is 0 Å². The number of nitrogens with zero attached hydrogens (tertiary/aromatic N) is 1. The summed E-state index contributed by atoms with van der Waals surface area (Å²) in [6, 6.07) is 8.88. The lowest BCUT2D eigenvalue weighted by Gasteiger charge is -2.20. The molecule has 1 fully saturated rings. The number of nitrogens with two attached hydrogens (primary N) is 1. The Morgan fingerprint density at radius 2 is 1.94 bits per heavy atom. The van der Waals surface area contributed by atoms with E-state index in [9.17, 15) is 0 Å². The van der Waals surface area contributed by atoms with Crippen LogP contribution in [0.3, 0.4) is 0 Å². The van der Waals surface area contributed by atoms with Crippen LogP contribution in [0, 0.1) is 5.92 Å². The fourth-order valence-corrected chi connectivity index (χ4v) is 2.00. The van der Waals surface area contributed by atoms with Crippen LogP contribution in [0.1, 0.15) is 37.8 Å². The fourth-order valence-electron chi connectivity index (χ4n) is 2.00. The van der Waals surface area contributed by atoms with Gasteiger partial charge in [-0.05, 0) is 42.9 Å². The third-order valence-electron chi connectivity index (χ3n) is 3.43. The van der Waals surface area contributed by atoms with E-state index in [0.717, 1.165) is 12.3 Å². The predicted octanol–water partition coefficient (Wildman–Crippen LogP) is 2.94. The average molecular weight is 218 g/mol. The van der Waals surface area contributed by atoms with Crippen LogP contribution in [0.15, 0.2) is 24.3 Å². The van der Waals surface area contributed by atoms with Crippen LogP contribution in [-0.4, -0.2) is 13.6 Å². The number of anilines is 1. The largest absolute Gasteiger partial charge is 0.374 e. The summed E-state index contributed by atoms with van der Waals surface area (Å²) >= 11 is 0. The van der Waals surface area contributed by atoms with Gasteiger partial charge in [0, 0.05) is 25.3 Å². The maximum Gasteiger partial charge on any atom is 0.0363 e. The van der Waals surface area contributed by atoms with E-state index in [-0.39, 0.29) is 6.04 Å². The first kappa shape index (κ1) is 11.5. The molecule has 0 saturated heterocycles. The van der Waals surface area contributed by atoms with E-state index >= 15 is 0 Å². The van der Waals surface area contributed by atoms with E-state index in [1.165, 1.54) is 30.6 Å². The van der Waals surface area contributed by atoms with Crippen molar-refractivity contribution in [1.82, 2.24) is 0 Å². The normalized spacial score (nSPS) is 17.2. The standard InChI is InChI=1S/C14H22N2/c1-3-14(15)12-6-8-13(9-7-12)16(2)10-11-4-5-11/h6-9,11,14H,3-5,10,15H2,1-2H3/t14-/m0/s1. The molecule has 1 aromatic carbocycles. The lowest BCUT2D eigenvalue weighted by molar-refractivity contribution is 0.698. The quantitative estimate of drug-likeness (QED) is 0.823. The molecule has 1 aliphatic rings. The van der Waals surface area contributed by atoms with Crippen molar-refractivity contribution in [2.24, 2.45) is 11.7 Å². The van der Waals surface area contributed by atoms with Crippen molar-refractivity contribution in [3.05, 3.63) is 29.8 Å². The summed E-state index contributed by atoms with van der Waals surface area (Å²) in [6.45, 7) is 3.32. The maximum atomic E-state index is 6.00. The summed E-state index contributed by atoms with van der Waals surface area (Å²) in [5.41, 5.74) is 8.54. The van der Waals surface area contributed by atoms with Crippen LogP contribution in [-0.2, 0) is 0 Å². The Kier molecular flexibility index (Phi) is 3.49. The monoisotopic (exact) mass is 218 g/mol. The lowest BCUT2D eigenvalue weighted by Crippen LogP contribution is -2.20. The SMILES string of the molecule is CC[C@H](N)c1ccc(N(C)CC2CC2)cc1. The van der Waals surface area contributed by atoms with Crippen LogP contribution < -0.4 is 10.6 Å². The number of benzene rings is 1. The fraction of sp³-hybridized carbons (Fsp3) is 0.571. The zero-order chi connectivity index (χ0) is 11.5. The molecule has 0 aromatic heterocycles. The zero-order valence-electron chi connectivity index (χ0n) is 10.3. The molecule has 0 radical (unpaired) electrons. The average Bonchev–Trinajstić information content (AvgIpc) is 3.12. The van der Waals surface area contributed by atoms with Gasteiger partial charge in [0.15, 0.2) is 0 Å². The summed E-state index contributed by atoms with van der Waals surface area (Å²) in [4.78, 5) is 2.35. The highest BCUT2D eigenvalue weighted by molar-refractivity contribution is 5.47. The second-order valence-electron chi connectivity index (χ2n) is 4.93. The molecule has 1 aliphatic carbocycles. The molecule has 88 valence electrons. The number of rotatable bonds is 5. The van der Waals surface area contributed by atoms with E-state index in [1.807, 2.05) is 0 Å². The molecule has 2 rings (SSSR count). The van der Waals surface area contributed by atoms with Crippen molar-refractivity contribution in [2.75, 3.05) is 18.5 Å². The van der Waals surface area contributed by atoms with E-state index < -0.39 is 0 Å². The van der Waals surface area contributed by atoms with Gasteiger partial charge in [0.05, 0.1) is 0 Å². The predicted molar refractivity (Wildman–Crippen MR) is 69.7 cm³/mol. The molecule has 0 aliphatic heterocycles. The van der Waals surface area contributed by atoms with Gasteiger partial charge in [0.1, 0.15) is 0 Å². The van der Waals surface area contributed by atoms with Crippen molar-refractivity contribution in [3.63, 3.8) is 0 Å². The Morgan fingerprint density at radius 3 is 2.44 bits per heavy atom. The summed E-state index contributed by atoms with van der Waals surface area (Å²) in [6.07, 6.45) is 3.81. The highest BCUT2D eigenvalue weighted by atomic mass is 15.1. The molecule has 16 heavy (non-hydrogen) atoms. The smallest absolute Gasteiger partial charge is 0.0363 e. The minimum Gasteiger partial charge on any atom is -0.374 e. The summed E-state index contributed by atoms with van der Waals surface area (Å²) in [5, 5.41) is 0. The van der Waals surface area contributed by atoms with Gasteiger partial charge in [-0.15, -0.1) is 0 Å². The Balaban J connectivity index is 1.99. The third-order valence-corrected chi connectivity index (χ3v) is 3.43. The third kappa shape index (κ3) is 2.76. The van der Waals surface area contributed by atoms with Gasteiger partial charge in [-0.3, -0.25) is 0 Å². The van der Waals surface area contributed by atoms with E-state index in [2.05, 4.69) is 43.1 Å². The first-order valence-corrected chi connectivity index (χ1v) is 6.27. The Labute approximate surface area is 98.4 Å². The first-order valence-electron chi connectivity index (χ1n) is 6.27. The molecular weight excluding hydrogens is 196 g/mol. The van der Waals surface area contributed by atoms with Crippen LogP contribution in [0.4, 0.5) is 5.69 Å². The van der Waals surface area contributed by atoms with Gasteiger partial charge in [-0.2, -0.15) is 0 Å². The van der Waals surface area contributed by atoms with Gasteiger partial charge in [0.2, 0.25) is 0 Å². The van der Waals surface area contributed by atoms with E-state index in [0.29, 0.717) is 0 Å². The Morgan fingerprint density at radius 1 is 1.31 bits per heavy atom. The maximum absolute atomic E-state index is 6.00. The van der Waals surface area contributed by atoms with E-state index in [1.54, 1.807) is 0 Å². The van der Waals surface area contributed by atoms with Crippen molar-refractivity contribution < 1.29 is 0 Å². The van der Waals surface area contributed by atoms with Crippen molar-refractivity contribution in [2.45, 2.75) is 32.2 Å². The molecule has 1 aromatic rings. The molecule has 0 unspecified atom stereocenters. The molecule has 1 saturated carbocycles. The first-order chi connectivity index (χ1) is 7.70. The zero-order valence-corrected chi connectivity index (χ0v) is 10.3. The molecule has 2 nitrogen and oxygen atoms in total. The van der Waals surface area contributed by atoms with Crippen LogP contribution in [0.5, 0.6) is 0 Å². The molecule has 2 heteroatoms. The lowest BCUT2D eigenvalue weighted by atomic mass is 10.1. The van der Waals surface area contributed by atoms with Gasteiger partial charge in [-0.25, -0.2) is 0 Å². The number of hydrogen-bond acceptors (Lipinski definition) is 2. The summed E-state index contributed by atoms with van der Waals surface area (Å²) in [7, 11) is 2.17. The Hall–Kier alpha value is -1.02. The van der Waals surface area contributed by atoms with Gasteiger partial charge in [0.25, 0.3) is 0 Å². The van der Waals surface area contributed by atoms with Crippen molar-refractivity contribution in [3.8, 4) is 0 Å². The van der Waals surface area contributed by atoms with Crippen LogP contribution >= 0.6 is 0 Å². The minimum absolute atomic E-state index is 0.183. The van der Waals surface area contributed by atoms with Gasteiger partial charge >= 0.3 is 0 Å². The second kappa shape index (κ2) is 4.88. The van der Waals surface area contributed by atoms with Gasteiger partial charge in [-0.1, -0.05) is 19.1 Å². The topological polar surface area (TPSA) is 29.3 Å². The summed E-state index contributed by atoms with van der Waals surface area (Å²) < 4.78 is 0. The molecule has 0 heterocycles. The van der Waals surface area contributed by atoms with Gasteiger partial charge < -0.3 is 10.6 Å². The molecule has 1 atom stereocenters. The Bertz CT molecular complexity index is 327. The molecular formula is C14H22N2. The highest BCUT2D eigenvalue weighted by Gasteiger charge is 2.22. The molecule has 0 bridgehead atoms. The van der Waals surface area contributed by atoms with Crippen LogP contribution in [0.25, 0.3) is 0 Å². The minimum atomic E-state index is 0.183. The molecule has 0 amide bonds. The number of hydrogen-bond donors (Lipinski definition) is 1. The van der Waals surface area contributed by atoms with E-state index in [4.69, 9.17) is 5.73 Å². The van der Waals surface area contributed by atoms with Crippen LogP contribution in [0.2, 0.25) is 0 Å². The van der Waals surface area contributed by atoms with Crippen molar-refractivity contribution >= 4 is 5.69 Å². The second-order valence-corrected chi connectivity index (χ2v) is 4.93.